The maximum Gasteiger partial charge on any atom is 0.427 e. The number of ether oxygens (including phenoxy) is 2. The number of rotatable bonds is 6. The summed E-state index contributed by atoms with van der Waals surface area (Å²) >= 11 is 0.485. The molecule has 23 heavy (non-hydrogen) atoms. The number of thiazole rings is 1. The fourth-order valence-corrected chi connectivity index (χ4v) is 2.50. The molecule has 0 aliphatic rings. The van der Waals surface area contributed by atoms with Crippen molar-refractivity contribution in [2.24, 2.45) is 0 Å². The van der Waals surface area contributed by atoms with E-state index in [0.29, 0.717) is 28.4 Å². The fraction of sp³-hybridized carbons (Fsp3) is 0.357. The first-order chi connectivity index (χ1) is 10.8. The second kappa shape index (κ2) is 7.05. The fourth-order valence-electron chi connectivity index (χ4n) is 1.81. The Bertz CT molecular complexity index is 639. The van der Waals surface area contributed by atoms with E-state index in [4.69, 9.17) is 9.47 Å². The lowest BCUT2D eigenvalue weighted by molar-refractivity contribution is -0.134. The summed E-state index contributed by atoms with van der Waals surface area (Å²) in [6.07, 6.45) is -4.62. The molecule has 2 N–H and O–H groups in total. The number of aromatic nitrogens is 1. The van der Waals surface area contributed by atoms with Crippen LogP contribution in [0.15, 0.2) is 24.4 Å². The standard InChI is InChI=1S/C14H15F3N2O3S/c1-21-9-3-8(4-10(5-9)22-2)11(20)6-18-13-19-7-12(23-13)14(15,16)17/h3-5,7,11,20H,6H2,1-2H3,(H,18,19). The van der Waals surface area contributed by atoms with Crippen LogP contribution in [0.4, 0.5) is 18.3 Å². The first-order valence-electron chi connectivity index (χ1n) is 6.51. The quantitative estimate of drug-likeness (QED) is 0.838. The smallest absolute Gasteiger partial charge is 0.427 e. The van der Waals surface area contributed by atoms with Crippen molar-refractivity contribution < 1.29 is 27.8 Å². The van der Waals surface area contributed by atoms with E-state index in [0.717, 1.165) is 6.20 Å². The van der Waals surface area contributed by atoms with Gasteiger partial charge < -0.3 is 19.9 Å². The van der Waals surface area contributed by atoms with E-state index in [-0.39, 0.29) is 11.7 Å². The third-order valence-electron chi connectivity index (χ3n) is 2.99. The van der Waals surface area contributed by atoms with Crippen LogP contribution in [0.2, 0.25) is 0 Å². The molecule has 2 aromatic rings. The molecule has 0 saturated heterocycles. The van der Waals surface area contributed by atoms with E-state index < -0.39 is 17.2 Å². The van der Waals surface area contributed by atoms with Crippen LogP contribution in [0.3, 0.4) is 0 Å². The summed E-state index contributed by atoms with van der Waals surface area (Å²) in [7, 11) is 2.97. The Morgan fingerprint density at radius 2 is 1.83 bits per heavy atom. The number of methoxy groups -OCH3 is 2. The van der Waals surface area contributed by atoms with Gasteiger partial charge >= 0.3 is 6.18 Å². The normalized spacial score (nSPS) is 12.8. The molecule has 5 nitrogen and oxygen atoms in total. The Kier molecular flexibility index (Phi) is 5.32. The second-order valence-corrected chi connectivity index (χ2v) is 5.60. The van der Waals surface area contributed by atoms with Crippen LogP contribution in [0.25, 0.3) is 0 Å². The number of alkyl halides is 3. The van der Waals surface area contributed by atoms with E-state index in [1.165, 1.54) is 14.2 Å². The molecule has 1 aromatic carbocycles. The number of anilines is 1. The molecule has 2 rings (SSSR count). The SMILES string of the molecule is COc1cc(OC)cc(C(O)CNc2ncc(C(F)(F)F)s2)c1. The van der Waals surface area contributed by atoms with Gasteiger partial charge in [0.25, 0.3) is 0 Å². The van der Waals surface area contributed by atoms with Crippen molar-refractivity contribution in [2.45, 2.75) is 12.3 Å². The first kappa shape index (κ1) is 17.4. The zero-order valence-electron chi connectivity index (χ0n) is 12.3. The number of hydrogen-bond acceptors (Lipinski definition) is 6. The van der Waals surface area contributed by atoms with Crippen molar-refractivity contribution in [2.75, 3.05) is 26.1 Å². The molecule has 1 atom stereocenters. The molecule has 0 saturated carbocycles. The lowest BCUT2D eigenvalue weighted by Crippen LogP contribution is -2.12. The minimum atomic E-state index is -4.42. The molecule has 1 unspecified atom stereocenters. The molecule has 9 heteroatoms. The van der Waals surface area contributed by atoms with Gasteiger partial charge in [-0.1, -0.05) is 11.3 Å². The predicted octanol–water partition coefficient (Wildman–Crippen LogP) is 3.32. The maximum absolute atomic E-state index is 12.5. The molecule has 0 spiro atoms. The van der Waals surface area contributed by atoms with Crippen LogP contribution in [0.1, 0.15) is 16.5 Å². The monoisotopic (exact) mass is 348 g/mol. The molecular formula is C14H15F3N2O3S. The zero-order chi connectivity index (χ0) is 17.0. The van der Waals surface area contributed by atoms with Crippen molar-refractivity contribution in [3.8, 4) is 11.5 Å². The summed E-state index contributed by atoms with van der Waals surface area (Å²) in [6.45, 7) is 0.00112. The number of nitrogens with zero attached hydrogens (tertiary/aromatic N) is 1. The molecule has 0 aliphatic heterocycles. The van der Waals surface area contributed by atoms with Crippen molar-refractivity contribution in [3.05, 3.63) is 34.8 Å². The maximum atomic E-state index is 12.5. The van der Waals surface area contributed by atoms with Gasteiger partial charge in [-0.05, 0) is 17.7 Å². The largest absolute Gasteiger partial charge is 0.497 e. The van der Waals surface area contributed by atoms with Gasteiger partial charge in [-0.2, -0.15) is 13.2 Å². The molecule has 1 heterocycles. The summed E-state index contributed by atoms with van der Waals surface area (Å²) in [5.74, 6) is 1.01. The summed E-state index contributed by atoms with van der Waals surface area (Å²) in [5.41, 5.74) is 0.515. The van der Waals surface area contributed by atoms with E-state index >= 15 is 0 Å². The van der Waals surface area contributed by atoms with Gasteiger partial charge in [0.15, 0.2) is 5.13 Å². The molecule has 0 bridgehead atoms. The van der Waals surface area contributed by atoms with Gasteiger partial charge in [0, 0.05) is 12.6 Å². The Morgan fingerprint density at radius 3 is 2.30 bits per heavy atom. The zero-order valence-corrected chi connectivity index (χ0v) is 13.2. The number of aliphatic hydroxyl groups is 1. The van der Waals surface area contributed by atoms with E-state index in [1.807, 2.05) is 0 Å². The Morgan fingerprint density at radius 1 is 1.22 bits per heavy atom. The van der Waals surface area contributed by atoms with Gasteiger partial charge in [0.05, 0.1) is 26.5 Å². The van der Waals surface area contributed by atoms with Gasteiger partial charge in [-0.3, -0.25) is 0 Å². The number of hydrogen-bond donors (Lipinski definition) is 2. The van der Waals surface area contributed by atoms with Gasteiger partial charge in [0.2, 0.25) is 0 Å². The second-order valence-electron chi connectivity index (χ2n) is 4.57. The lowest BCUT2D eigenvalue weighted by atomic mass is 10.1. The van der Waals surface area contributed by atoms with E-state index in [1.54, 1.807) is 18.2 Å². The molecule has 0 aliphatic carbocycles. The molecular weight excluding hydrogens is 333 g/mol. The highest BCUT2D eigenvalue weighted by atomic mass is 32.1. The first-order valence-corrected chi connectivity index (χ1v) is 7.33. The number of benzene rings is 1. The summed E-state index contributed by atoms with van der Waals surface area (Å²) in [6, 6.07) is 4.90. The van der Waals surface area contributed by atoms with Crippen molar-refractivity contribution >= 4 is 16.5 Å². The highest BCUT2D eigenvalue weighted by molar-refractivity contribution is 7.15. The van der Waals surface area contributed by atoms with Crippen LogP contribution in [-0.4, -0.2) is 30.9 Å². The Balaban J connectivity index is 2.04. The van der Waals surface area contributed by atoms with Gasteiger partial charge in [0.1, 0.15) is 16.4 Å². The molecule has 1 aromatic heterocycles. The van der Waals surface area contributed by atoms with Crippen LogP contribution in [0.5, 0.6) is 11.5 Å². The minimum Gasteiger partial charge on any atom is -0.497 e. The Labute approximate surface area is 134 Å². The average molecular weight is 348 g/mol. The number of halogens is 3. The molecule has 126 valence electrons. The number of nitrogens with one attached hydrogen (secondary N) is 1. The van der Waals surface area contributed by atoms with Crippen LogP contribution < -0.4 is 14.8 Å². The molecule has 0 radical (unpaired) electrons. The van der Waals surface area contributed by atoms with Gasteiger partial charge in [-0.15, -0.1) is 0 Å². The minimum absolute atomic E-state index is 0.00112. The number of aliphatic hydroxyl groups excluding tert-OH is 1. The van der Waals surface area contributed by atoms with Crippen molar-refractivity contribution in [3.63, 3.8) is 0 Å². The van der Waals surface area contributed by atoms with E-state index in [9.17, 15) is 18.3 Å². The third-order valence-corrected chi connectivity index (χ3v) is 3.99. The molecule has 0 fully saturated rings. The summed E-state index contributed by atoms with van der Waals surface area (Å²) in [5, 5.41) is 12.9. The van der Waals surface area contributed by atoms with Crippen LogP contribution in [-0.2, 0) is 6.18 Å². The Hall–Kier alpha value is -2.00. The van der Waals surface area contributed by atoms with Crippen molar-refractivity contribution in [1.82, 2.24) is 4.98 Å². The van der Waals surface area contributed by atoms with E-state index in [2.05, 4.69) is 10.3 Å². The average Bonchev–Trinajstić information content (AvgIpc) is 3.01. The molecule has 0 amide bonds. The third kappa shape index (κ3) is 4.49. The highest BCUT2D eigenvalue weighted by Gasteiger charge is 2.33. The van der Waals surface area contributed by atoms with Crippen LogP contribution in [0, 0.1) is 0 Å². The van der Waals surface area contributed by atoms with Crippen LogP contribution >= 0.6 is 11.3 Å². The summed E-state index contributed by atoms with van der Waals surface area (Å²) < 4.78 is 47.7. The van der Waals surface area contributed by atoms with Crippen molar-refractivity contribution in [1.29, 1.82) is 0 Å². The predicted molar refractivity (Wildman–Crippen MR) is 80.1 cm³/mol. The summed E-state index contributed by atoms with van der Waals surface area (Å²) in [4.78, 5) is 2.85. The lowest BCUT2D eigenvalue weighted by Gasteiger charge is -2.14. The topological polar surface area (TPSA) is 63.6 Å². The highest BCUT2D eigenvalue weighted by Crippen LogP contribution is 2.35. The van der Waals surface area contributed by atoms with Gasteiger partial charge in [-0.25, -0.2) is 4.98 Å².